The number of aryl methyl sites for hydroxylation is 2. The van der Waals surface area contributed by atoms with E-state index >= 15 is 0 Å². The van der Waals surface area contributed by atoms with Gasteiger partial charge in [-0.2, -0.15) is 0 Å². The van der Waals surface area contributed by atoms with Crippen molar-refractivity contribution >= 4 is 0 Å². The first-order valence-electron chi connectivity index (χ1n) is 8.49. The summed E-state index contributed by atoms with van der Waals surface area (Å²) in [7, 11) is 0. The van der Waals surface area contributed by atoms with Crippen LogP contribution in [0.25, 0.3) is 22.4 Å². The maximum atomic E-state index is 14.4. The van der Waals surface area contributed by atoms with Crippen LogP contribution < -0.4 is 0 Å². The number of halogens is 1. The van der Waals surface area contributed by atoms with Crippen molar-refractivity contribution < 1.29 is 4.39 Å². The Morgan fingerprint density at radius 2 is 1.83 bits per heavy atom. The SMILES string of the molecule is CCCCc1cccc(-c2cc(-c3ccc(C)cn3)ccc2F)c1. The minimum Gasteiger partial charge on any atom is -0.256 e. The fourth-order valence-corrected chi connectivity index (χ4v) is 2.82. The second kappa shape index (κ2) is 7.39. The first-order valence-corrected chi connectivity index (χ1v) is 8.49. The van der Waals surface area contributed by atoms with Crippen LogP contribution >= 0.6 is 0 Å². The zero-order valence-electron chi connectivity index (χ0n) is 14.2. The van der Waals surface area contributed by atoms with Crippen molar-refractivity contribution in [1.82, 2.24) is 4.98 Å². The molecular formula is C22H22FN. The quantitative estimate of drug-likeness (QED) is 0.545. The van der Waals surface area contributed by atoms with Gasteiger partial charge in [0.05, 0.1) is 5.69 Å². The van der Waals surface area contributed by atoms with E-state index in [1.807, 2.05) is 43.5 Å². The van der Waals surface area contributed by atoms with Gasteiger partial charge in [0.2, 0.25) is 0 Å². The Bertz CT molecular complexity index is 822. The third-order valence-electron chi connectivity index (χ3n) is 4.23. The Balaban J connectivity index is 1.98. The summed E-state index contributed by atoms with van der Waals surface area (Å²) in [5, 5.41) is 0. The van der Waals surface area contributed by atoms with Gasteiger partial charge in [-0.1, -0.05) is 43.7 Å². The zero-order chi connectivity index (χ0) is 16.9. The van der Waals surface area contributed by atoms with E-state index in [4.69, 9.17) is 0 Å². The van der Waals surface area contributed by atoms with Gasteiger partial charge < -0.3 is 0 Å². The number of unbranched alkanes of at least 4 members (excludes halogenated alkanes) is 1. The number of hydrogen-bond donors (Lipinski definition) is 0. The summed E-state index contributed by atoms with van der Waals surface area (Å²) in [6.45, 7) is 4.19. The van der Waals surface area contributed by atoms with E-state index in [1.165, 1.54) is 11.6 Å². The van der Waals surface area contributed by atoms with E-state index in [0.29, 0.717) is 5.56 Å². The Hall–Kier alpha value is -2.48. The van der Waals surface area contributed by atoms with Crippen LogP contribution in [0.15, 0.2) is 60.8 Å². The number of hydrogen-bond acceptors (Lipinski definition) is 1. The first kappa shape index (κ1) is 16.4. The van der Waals surface area contributed by atoms with E-state index < -0.39 is 0 Å². The Morgan fingerprint density at radius 3 is 2.58 bits per heavy atom. The van der Waals surface area contributed by atoms with Gasteiger partial charge in [-0.05, 0) is 60.7 Å². The smallest absolute Gasteiger partial charge is 0.131 e. The van der Waals surface area contributed by atoms with Crippen LogP contribution in [0.3, 0.4) is 0 Å². The molecule has 0 aliphatic carbocycles. The topological polar surface area (TPSA) is 12.9 Å². The summed E-state index contributed by atoms with van der Waals surface area (Å²) >= 11 is 0. The van der Waals surface area contributed by atoms with E-state index in [1.54, 1.807) is 6.07 Å². The molecular weight excluding hydrogens is 297 g/mol. The molecule has 0 atom stereocenters. The molecule has 24 heavy (non-hydrogen) atoms. The summed E-state index contributed by atoms with van der Waals surface area (Å²) in [5.41, 5.74) is 5.73. The van der Waals surface area contributed by atoms with Crippen molar-refractivity contribution in [3.8, 4) is 22.4 Å². The normalized spacial score (nSPS) is 10.8. The average Bonchev–Trinajstić information content (AvgIpc) is 2.61. The van der Waals surface area contributed by atoms with E-state index in [0.717, 1.165) is 41.6 Å². The van der Waals surface area contributed by atoms with E-state index in [2.05, 4.69) is 24.0 Å². The molecule has 0 N–H and O–H groups in total. The summed E-state index contributed by atoms with van der Waals surface area (Å²) in [5.74, 6) is -0.196. The van der Waals surface area contributed by atoms with Crippen molar-refractivity contribution in [2.24, 2.45) is 0 Å². The van der Waals surface area contributed by atoms with Crippen LogP contribution in [0.5, 0.6) is 0 Å². The summed E-state index contributed by atoms with van der Waals surface area (Å²) < 4.78 is 14.4. The fraction of sp³-hybridized carbons (Fsp3) is 0.227. The summed E-state index contributed by atoms with van der Waals surface area (Å²) in [6.07, 6.45) is 5.18. The highest BCUT2D eigenvalue weighted by atomic mass is 19.1. The predicted octanol–water partition coefficient (Wildman–Crippen LogP) is 6.21. The van der Waals surface area contributed by atoms with Crippen LogP contribution in [0.1, 0.15) is 30.9 Å². The van der Waals surface area contributed by atoms with Crippen molar-refractivity contribution in [3.05, 3.63) is 77.7 Å². The Morgan fingerprint density at radius 1 is 0.958 bits per heavy atom. The highest BCUT2D eigenvalue weighted by molar-refractivity contribution is 5.72. The van der Waals surface area contributed by atoms with Gasteiger partial charge in [-0.25, -0.2) is 4.39 Å². The average molecular weight is 319 g/mol. The lowest BCUT2D eigenvalue weighted by Gasteiger charge is -2.09. The predicted molar refractivity (Wildman–Crippen MR) is 98.4 cm³/mol. The van der Waals surface area contributed by atoms with Crippen molar-refractivity contribution in [2.75, 3.05) is 0 Å². The molecule has 0 radical (unpaired) electrons. The summed E-state index contributed by atoms with van der Waals surface area (Å²) in [6, 6.07) is 17.4. The molecule has 0 spiro atoms. The number of benzene rings is 2. The third-order valence-corrected chi connectivity index (χ3v) is 4.23. The molecule has 1 heterocycles. The molecule has 122 valence electrons. The van der Waals surface area contributed by atoms with Crippen LogP contribution in [-0.2, 0) is 6.42 Å². The van der Waals surface area contributed by atoms with Crippen molar-refractivity contribution in [3.63, 3.8) is 0 Å². The van der Waals surface area contributed by atoms with Crippen LogP contribution in [0.2, 0.25) is 0 Å². The second-order valence-electron chi connectivity index (χ2n) is 6.22. The van der Waals surface area contributed by atoms with E-state index in [9.17, 15) is 4.39 Å². The Labute approximate surface area is 143 Å². The highest BCUT2D eigenvalue weighted by Crippen LogP contribution is 2.29. The third kappa shape index (κ3) is 3.70. The fourth-order valence-electron chi connectivity index (χ4n) is 2.82. The van der Waals surface area contributed by atoms with Gasteiger partial charge in [0.25, 0.3) is 0 Å². The van der Waals surface area contributed by atoms with Crippen LogP contribution in [0, 0.1) is 12.7 Å². The maximum Gasteiger partial charge on any atom is 0.131 e. The lowest BCUT2D eigenvalue weighted by molar-refractivity contribution is 0.631. The lowest BCUT2D eigenvalue weighted by Crippen LogP contribution is -1.91. The minimum atomic E-state index is -0.196. The van der Waals surface area contributed by atoms with Gasteiger partial charge in [-0.15, -0.1) is 0 Å². The molecule has 1 nitrogen and oxygen atoms in total. The standard InChI is InChI=1S/C22H22FN/c1-3-4-6-17-7-5-8-18(13-17)20-14-19(10-11-21(20)23)22-12-9-16(2)15-24-22/h5,7-15H,3-4,6H2,1-2H3. The number of nitrogens with zero attached hydrogens (tertiary/aromatic N) is 1. The molecule has 0 fully saturated rings. The molecule has 0 saturated heterocycles. The monoisotopic (exact) mass is 319 g/mol. The molecule has 0 aliphatic heterocycles. The van der Waals surface area contributed by atoms with Gasteiger partial charge >= 0.3 is 0 Å². The molecule has 0 unspecified atom stereocenters. The Kier molecular flexibility index (Phi) is 5.05. The van der Waals surface area contributed by atoms with Crippen LogP contribution in [-0.4, -0.2) is 4.98 Å². The van der Waals surface area contributed by atoms with Gasteiger partial charge in [0.15, 0.2) is 0 Å². The maximum absolute atomic E-state index is 14.4. The molecule has 1 aromatic heterocycles. The largest absolute Gasteiger partial charge is 0.256 e. The number of pyridine rings is 1. The van der Waals surface area contributed by atoms with Crippen LogP contribution in [0.4, 0.5) is 4.39 Å². The zero-order valence-corrected chi connectivity index (χ0v) is 14.2. The van der Waals surface area contributed by atoms with Gasteiger partial charge in [0.1, 0.15) is 5.82 Å². The van der Waals surface area contributed by atoms with E-state index in [-0.39, 0.29) is 5.82 Å². The summed E-state index contributed by atoms with van der Waals surface area (Å²) in [4.78, 5) is 4.45. The minimum absolute atomic E-state index is 0.196. The molecule has 3 rings (SSSR count). The molecule has 0 saturated carbocycles. The molecule has 3 aromatic rings. The van der Waals surface area contributed by atoms with Gasteiger partial charge in [-0.3, -0.25) is 4.98 Å². The molecule has 0 aliphatic rings. The second-order valence-corrected chi connectivity index (χ2v) is 6.22. The first-order chi connectivity index (χ1) is 11.7. The highest BCUT2D eigenvalue weighted by Gasteiger charge is 2.09. The number of aromatic nitrogens is 1. The lowest BCUT2D eigenvalue weighted by atomic mass is 9.97. The molecule has 2 aromatic carbocycles. The van der Waals surface area contributed by atoms with Crippen molar-refractivity contribution in [2.45, 2.75) is 33.1 Å². The number of rotatable bonds is 5. The van der Waals surface area contributed by atoms with Crippen molar-refractivity contribution in [1.29, 1.82) is 0 Å². The molecule has 2 heteroatoms. The molecule has 0 bridgehead atoms. The molecule has 0 amide bonds. The van der Waals surface area contributed by atoms with Gasteiger partial charge in [0, 0.05) is 17.3 Å².